The molecule has 0 N–H and O–H groups in total. The minimum absolute atomic E-state index is 0.308. The van der Waals surface area contributed by atoms with Gasteiger partial charge in [0.1, 0.15) is 5.75 Å². The van der Waals surface area contributed by atoms with Gasteiger partial charge in [0.05, 0.1) is 13.2 Å². The molecular weight excluding hydrogens is 280 g/mol. The second-order valence-corrected chi connectivity index (χ2v) is 5.35. The molecular formula is C18H22O2S. The molecule has 0 bridgehead atoms. The summed E-state index contributed by atoms with van der Waals surface area (Å²) in [5.74, 6) is 1.98. The molecule has 0 aliphatic heterocycles. The average molecular weight is 302 g/mol. The van der Waals surface area contributed by atoms with Crippen molar-refractivity contribution in [3.05, 3.63) is 65.7 Å². The molecule has 0 saturated heterocycles. The Morgan fingerprint density at radius 1 is 1.00 bits per heavy atom. The van der Waals surface area contributed by atoms with E-state index in [1.807, 2.05) is 18.2 Å². The van der Waals surface area contributed by atoms with E-state index < -0.39 is 0 Å². The molecule has 21 heavy (non-hydrogen) atoms. The van der Waals surface area contributed by atoms with Crippen LogP contribution in [0.15, 0.2) is 54.6 Å². The zero-order valence-electron chi connectivity index (χ0n) is 12.4. The molecule has 2 nitrogen and oxygen atoms in total. The number of methoxy groups -OCH3 is 1. The van der Waals surface area contributed by atoms with E-state index in [1.165, 1.54) is 11.1 Å². The highest BCUT2D eigenvalue weighted by atomic mass is 32.1. The topological polar surface area (TPSA) is 18.5 Å². The third-order valence-electron chi connectivity index (χ3n) is 3.46. The van der Waals surface area contributed by atoms with Crippen LogP contribution in [0, 0.1) is 0 Å². The molecule has 0 saturated carbocycles. The van der Waals surface area contributed by atoms with Crippen LogP contribution in [0.2, 0.25) is 0 Å². The minimum Gasteiger partial charge on any atom is -0.493 e. The SMILES string of the molecule is COCCc1ccc(OCC(CS)c2ccccc2)cc1. The Morgan fingerprint density at radius 2 is 1.71 bits per heavy atom. The van der Waals surface area contributed by atoms with Crippen molar-refractivity contribution < 1.29 is 9.47 Å². The molecule has 0 aliphatic rings. The van der Waals surface area contributed by atoms with Crippen molar-refractivity contribution in [2.75, 3.05) is 26.1 Å². The number of hydrogen-bond acceptors (Lipinski definition) is 3. The van der Waals surface area contributed by atoms with E-state index >= 15 is 0 Å². The summed E-state index contributed by atoms with van der Waals surface area (Å²) in [5, 5.41) is 0. The number of rotatable bonds is 8. The predicted octanol–water partition coefficient (Wildman–Crippen LogP) is 3.97. The second-order valence-electron chi connectivity index (χ2n) is 4.99. The van der Waals surface area contributed by atoms with Gasteiger partial charge in [0.25, 0.3) is 0 Å². The molecule has 0 radical (unpaired) electrons. The molecule has 0 heterocycles. The molecule has 2 aromatic rings. The Bertz CT molecular complexity index is 511. The zero-order chi connectivity index (χ0) is 14.9. The van der Waals surface area contributed by atoms with Crippen molar-refractivity contribution in [1.29, 1.82) is 0 Å². The fourth-order valence-corrected chi connectivity index (χ4v) is 2.46. The molecule has 0 aliphatic carbocycles. The molecule has 1 unspecified atom stereocenters. The van der Waals surface area contributed by atoms with Gasteiger partial charge in [-0.1, -0.05) is 42.5 Å². The van der Waals surface area contributed by atoms with Crippen LogP contribution in [-0.2, 0) is 11.2 Å². The molecule has 0 fully saturated rings. The van der Waals surface area contributed by atoms with Crippen LogP contribution in [0.25, 0.3) is 0 Å². The molecule has 3 heteroatoms. The largest absolute Gasteiger partial charge is 0.493 e. The molecule has 0 spiro atoms. The molecule has 2 aromatic carbocycles. The lowest BCUT2D eigenvalue weighted by Crippen LogP contribution is -2.12. The van der Waals surface area contributed by atoms with E-state index in [0.717, 1.165) is 24.5 Å². The van der Waals surface area contributed by atoms with Crippen LogP contribution in [0.4, 0.5) is 0 Å². The first-order valence-electron chi connectivity index (χ1n) is 7.20. The number of hydrogen-bond donors (Lipinski definition) is 1. The van der Waals surface area contributed by atoms with Crippen molar-refractivity contribution in [1.82, 2.24) is 0 Å². The predicted molar refractivity (Wildman–Crippen MR) is 90.6 cm³/mol. The van der Waals surface area contributed by atoms with E-state index in [-0.39, 0.29) is 0 Å². The summed E-state index contributed by atoms with van der Waals surface area (Å²) in [6.45, 7) is 1.39. The van der Waals surface area contributed by atoms with E-state index in [2.05, 4.69) is 49.0 Å². The summed E-state index contributed by atoms with van der Waals surface area (Å²) in [7, 11) is 1.72. The van der Waals surface area contributed by atoms with Gasteiger partial charge in [-0.3, -0.25) is 0 Å². The van der Waals surface area contributed by atoms with Gasteiger partial charge in [-0.15, -0.1) is 0 Å². The van der Waals surface area contributed by atoms with Crippen LogP contribution in [0.5, 0.6) is 5.75 Å². The fourth-order valence-electron chi connectivity index (χ4n) is 2.15. The van der Waals surface area contributed by atoms with Crippen LogP contribution in [0.3, 0.4) is 0 Å². The van der Waals surface area contributed by atoms with Gasteiger partial charge in [-0.05, 0) is 29.7 Å². The highest BCUT2D eigenvalue weighted by Gasteiger charge is 2.10. The maximum Gasteiger partial charge on any atom is 0.119 e. The summed E-state index contributed by atoms with van der Waals surface area (Å²) >= 11 is 4.43. The van der Waals surface area contributed by atoms with Crippen LogP contribution >= 0.6 is 12.6 Å². The van der Waals surface area contributed by atoms with Crippen molar-refractivity contribution >= 4 is 12.6 Å². The smallest absolute Gasteiger partial charge is 0.119 e. The van der Waals surface area contributed by atoms with Gasteiger partial charge < -0.3 is 9.47 Å². The summed E-state index contributed by atoms with van der Waals surface area (Å²) in [4.78, 5) is 0. The first-order chi connectivity index (χ1) is 10.3. The number of thiol groups is 1. The second kappa shape index (κ2) is 8.75. The Morgan fingerprint density at radius 3 is 2.33 bits per heavy atom. The third-order valence-corrected chi connectivity index (χ3v) is 3.90. The van der Waals surface area contributed by atoms with Gasteiger partial charge in [0.2, 0.25) is 0 Å². The van der Waals surface area contributed by atoms with Crippen LogP contribution in [0.1, 0.15) is 17.0 Å². The molecule has 0 amide bonds. The lowest BCUT2D eigenvalue weighted by atomic mass is 10.0. The molecule has 1 atom stereocenters. The number of benzene rings is 2. The fraction of sp³-hybridized carbons (Fsp3) is 0.333. The summed E-state index contributed by atoms with van der Waals surface area (Å²) < 4.78 is 11.0. The first kappa shape index (κ1) is 15.9. The highest BCUT2D eigenvalue weighted by molar-refractivity contribution is 7.80. The first-order valence-corrected chi connectivity index (χ1v) is 7.83. The van der Waals surface area contributed by atoms with E-state index in [0.29, 0.717) is 12.5 Å². The average Bonchev–Trinajstić information content (AvgIpc) is 2.55. The molecule has 0 aromatic heterocycles. The van der Waals surface area contributed by atoms with Gasteiger partial charge in [0.15, 0.2) is 0 Å². The van der Waals surface area contributed by atoms with E-state index in [1.54, 1.807) is 7.11 Å². The Hall–Kier alpha value is -1.45. The Kier molecular flexibility index (Phi) is 6.64. The highest BCUT2D eigenvalue weighted by Crippen LogP contribution is 2.20. The number of ether oxygens (including phenoxy) is 2. The van der Waals surface area contributed by atoms with Gasteiger partial charge in [-0.2, -0.15) is 12.6 Å². The summed E-state index contributed by atoms with van der Waals surface area (Å²) in [6, 6.07) is 18.6. The van der Waals surface area contributed by atoms with Gasteiger partial charge in [0, 0.05) is 18.8 Å². The monoisotopic (exact) mass is 302 g/mol. The maximum atomic E-state index is 5.89. The Labute approximate surface area is 132 Å². The normalized spacial score (nSPS) is 12.1. The third kappa shape index (κ3) is 5.10. The lowest BCUT2D eigenvalue weighted by molar-refractivity contribution is 0.202. The summed E-state index contributed by atoms with van der Waals surface area (Å²) in [5.41, 5.74) is 2.53. The van der Waals surface area contributed by atoms with Crippen LogP contribution < -0.4 is 4.74 Å². The van der Waals surface area contributed by atoms with Gasteiger partial charge >= 0.3 is 0 Å². The van der Waals surface area contributed by atoms with E-state index in [9.17, 15) is 0 Å². The summed E-state index contributed by atoms with van der Waals surface area (Å²) in [6.07, 6.45) is 0.931. The quantitative estimate of drug-likeness (QED) is 0.744. The maximum absolute atomic E-state index is 5.89. The van der Waals surface area contributed by atoms with E-state index in [4.69, 9.17) is 9.47 Å². The van der Waals surface area contributed by atoms with Crippen molar-refractivity contribution in [3.8, 4) is 5.75 Å². The van der Waals surface area contributed by atoms with Gasteiger partial charge in [-0.25, -0.2) is 0 Å². The molecule has 2 rings (SSSR count). The zero-order valence-corrected chi connectivity index (χ0v) is 13.3. The molecule has 112 valence electrons. The van der Waals surface area contributed by atoms with Crippen LogP contribution in [-0.4, -0.2) is 26.1 Å². The minimum atomic E-state index is 0.308. The standard InChI is InChI=1S/C18H22O2S/c1-19-12-11-15-7-9-18(10-8-15)20-13-17(14-21)16-5-3-2-4-6-16/h2-10,17,21H,11-14H2,1H3. The Balaban J connectivity index is 1.89. The van der Waals surface area contributed by atoms with Crippen molar-refractivity contribution in [3.63, 3.8) is 0 Å². The van der Waals surface area contributed by atoms with Crippen molar-refractivity contribution in [2.45, 2.75) is 12.3 Å². The lowest BCUT2D eigenvalue weighted by Gasteiger charge is -2.16. The van der Waals surface area contributed by atoms with Crippen molar-refractivity contribution in [2.24, 2.45) is 0 Å².